The van der Waals surface area contributed by atoms with Gasteiger partial charge in [0.1, 0.15) is 0 Å². The number of hydrogen-bond acceptors (Lipinski definition) is 4. The highest BCUT2D eigenvalue weighted by molar-refractivity contribution is 4.48. The fraction of sp³-hybridized carbons (Fsp3) is 1.00. The van der Waals surface area contributed by atoms with Crippen LogP contribution in [0.3, 0.4) is 0 Å². The van der Waals surface area contributed by atoms with Crippen molar-refractivity contribution in [2.24, 2.45) is 0 Å². The van der Waals surface area contributed by atoms with Gasteiger partial charge in [0.25, 0.3) is 5.97 Å². The lowest BCUT2D eigenvalue weighted by Crippen LogP contribution is -2.26. The zero-order valence-electron chi connectivity index (χ0n) is 5.82. The van der Waals surface area contributed by atoms with Gasteiger partial charge in [0, 0.05) is 13.0 Å². The maximum Gasteiger partial charge on any atom is 0.275 e. The Hall–Kier alpha value is -0.160. The van der Waals surface area contributed by atoms with Crippen LogP contribution in [0.4, 0.5) is 0 Å². The number of aliphatic hydroxyl groups is 4. The summed E-state index contributed by atoms with van der Waals surface area (Å²) in [4.78, 5) is 0. The molecule has 0 aliphatic rings. The van der Waals surface area contributed by atoms with E-state index in [2.05, 4.69) is 0 Å². The maximum atomic E-state index is 8.37. The summed E-state index contributed by atoms with van der Waals surface area (Å²) < 4.78 is 0. The van der Waals surface area contributed by atoms with Crippen LogP contribution in [0.5, 0.6) is 0 Å². The van der Waals surface area contributed by atoms with Gasteiger partial charge in [0.05, 0.1) is 0 Å². The van der Waals surface area contributed by atoms with Crippen molar-refractivity contribution < 1.29 is 20.4 Å². The molecule has 0 radical (unpaired) electrons. The molecule has 0 saturated heterocycles. The van der Waals surface area contributed by atoms with Crippen LogP contribution in [0.25, 0.3) is 0 Å². The van der Waals surface area contributed by atoms with Crippen LogP contribution in [-0.2, 0) is 0 Å². The highest BCUT2D eigenvalue weighted by atomic mass is 16.7. The fourth-order valence-corrected chi connectivity index (χ4v) is 0.651. The van der Waals surface area contributed by atoms with Crippen molar-refractivity contribution >= 4 is 0 Å². The Balaban J connectivity index is 3.04. The summed E-state index contributed by atoms with van der Waals surface area (Å²) in [5.74, 6) is -2.53. The second-order valence-electron chi connectivity index (χ2n) is 2.31. The van der Waals surface area contributed by atoms with Crippen molar-refractivity contribution in [3.8, 4) is 0 Å². The van der Waals surface area contributed by atoms with E-state index in [0.717, 1.165) is 0 Å². The molecule has 0 aliphatic heterocycles. The van der Waals surface area contributed by atoms with E-state index in [9.17, 15) is 0 Å². The maximum absolute atomic E-state index is 8.37. The van der Waals surface area contributed by atoms with Crippen molar-refractivity contribution in [1.82, 2.24) is 0 Å². The molecule has 0 bridgehead atoms. The molecule has 0 aromatic carbocycles. The van der Waals surface area contributed by atoms with Gasteiger partial charge in [-0.05, 0) is 12.8 Å². The zero-order chi connectivity index (χ0) is 8.04. The van der Waals surface area contributed by atoms with Crippen molar-refractivity contribution in [2.45, 2.75) is 31.7 Å². The van der Waals surface area contributed by atoms with Crippen molar-refractivity contribution in [3.05, 3.63) is 0 Å². The number of unbranched alkanes of at least 4 members (excludes halogenated alkanes) is 2. The van der Waals surface area contributed by atoms with E-state index in [1.165, 1.54) is 0 Å². The van der Waals surface area contributed by atoms with Gasteiger partial charge in [-0.1, -0.05) is 6.42 Å². The molecular weight excluding hydrogens is 136 g/mol. The van der Waals surface area contributed by atoms with E-state index in [0.29, 0.717) is 19.3 Å². The first kappa shape index (κ1) is 9.84. The summed E-state index contributed by atoms with van der Waals surface area (Å²) >= 11 is 0. The van der Waals surface area contributed by atoms with Gasteiger partial charge in [-0.25, -0.2) is 0 Å². The van der Waals surface area contributed by atoms with Crippen LogP contribution in [0.2, 0.25) is 0 Å². The molecular formula is C6H14O4. The van der Waals surface area contributed by atoms with E-state index in [4.69, 9.17) is 20.4 Å². The summed E-state index contributed by atoms with van der Waals surface area (Å²) in [6, 6.07) is 0. The second-order valence-corrected chi connectivity index (χ2v) is 2.31. The number of hydrogen-bond donors (Lipinski definition) is 4. The first-order chi connectivity index (χ1) is 4.56. The van der Waals surface area contributed by atoms with Gasteiger partial charge >= 0.3 is 0 Å². The van der Waals surface area contributed by atoms with Gasteiger partial charge in [0.15, 0.2) is 0 Å². The van der Waals surface area contributed by atoms with E-state index in [-0.39, 0.29) is 13.0 Å². The van der Waals surface area contributed by atoms with Gasteiger partial charge in [-0.2, -0.15) is 0 Å². The van der Waals surface area contributed by atoms with Gasteiger partial charge < -0.3 is 20.4 Å². The average molecular weight is 150 g/mol. The summed E-state index contributed by atoms with van der Waals surface area (Å²) in [5.41, 5.74) is 0. The smallest absolute Gasteiger partial charge is 0.275 e. The zero-order valence-corrected chi connectivity index (χ0v) is 5.82. The molecule has 0 fully saturated rings. The predicted octanol–water partition coefficient (Wildman–Crippen LogP) is -0.830. The van der Waals surface area contributed by atoms with E-state index < -0.39 is 5.97 Å². The first-order valence-corrected chi connectivity index (χ1v) is 3.34. The normalized spacial score (nSPS) is 12.0. The molecule has 0 spiro atoms. The Kier molecular flexibility index (Phi) is 4.55. The van der Waals surface area contributed by atoms with Crippen LogP contribution >= 0.6 is 0 Å². The third kappa shape index (κ3) is 7.84. The molecule has 0 rings (SSSR count). The van der Waals surface area contributed by atoms with Crippen molar-refractivity contribution in [3.63, 3.8) is 0 Å². The Labute approximate surface area is 59.7 Å². The quantitative estimate of drug-likeness (QED) is 0.304. The molecule has 4 heteroatoms. The third-order valence-corrected chi connectivity index (χ3v) is 1.17. The molecule has 0 amide bonds. The lowest BCUT2D eigenvalue weighted by atomic mass is 10.2. The van der Waals surface area contributed by atoms with Crippen LogP contribution in [0.1, 0.15) is 25.7 Å². The molecule has 0 unspecified atom stereocenters. The van der Waals surface area contributed by atoms with E-state index in [1.54, 1.807) is 0 Å². The minimum atomic E-state index is -2.53. The molecule has 0 saturated carbocycles. The molecule has 4 nitrogen and oxygen atoms in total. The predicted molar refractivity (Wildman–Crippen MR) is 34.9 cm³/mol. The van der Waals surface area contributed by atoms with Crippen LogP contribution in [0, 0.1) is 0 Å². The summed E-state index contributed by atoms with van der Waals surface area (Å²) in [6.45, 7) is 0.106. The Bertz CT molecular complexity index is 76.3. The van der Waals surface area contributed by atoms with Crippen molar-refractivity contribution in [2.75, 3.05) is 6.61 Å². The van der Waals surface area contributed by atoms with Crippen LogP contribution in [0.15, 0.2) is 0 Å². The summed E-state index contributed by atoms with van der Waals surface area (Å²) in [6.07, 6.45) is 1.77. The average Bonchev–Trinajstić information content (AvgIpc) is 1.78. The molecule has 0 aromatic heterocycles. The lowest BCUT2D eigenvalue weighted by molar-refractivity contribution is -0.315. The highest BCUT2D eigenvalue weighted by Gasteiger charge is 2.16. The largest absolute Gasteiger partial charge is 0.396 e. The summed E-state index contributed by atoms with van der Waals surface area (Å²) in [5, 5.41) is 33.4. The number of aliphatic hydroxyl groups excluding tert-OH is 1. The molecule has 0 atom stereocenters. The van der Waals surface area contributed by atoms with Gasteiger partial charge in [0.2, 0.25) is 0 Å². The van der Waals surface area contributed by atoms with E-state index in [1.807, 2.05) is 0 Å². The van der Waals surface area contributed by atoms with Crippen LogP contribution in [-0.4, -0.2) is 33.0 Å². The SMILES string of the molecule is OCCCCCC(O)(O)O. The van der Waals surface area contributed by atoms with Gasteiger partial charge in [-0.15, -0.1) is 0 Å². The molecule has 0 heterocycles. The Morgan fingerprint density at radius 1 is 0.900 bits per heavy atom. The first-order valence-electron chi connectivity index (χ1n) is 3.34. The topological polar surface area (TPSA) is 80.9 Å². The van der Waals surface area contributed by atoms with E-state index >= 15 is 0 Å². The minimum absolute atomic E-state index is 0.0625. The standard InChI is InChI=1S/C6H14O4/c7-5-3-1-2-4-6(8,9)10/h7-10H,1-5H2. The van der Waals surface area contributed by atoms with Crippen LogP contribution < -0.4 is 0 Å². The summed E-state index contributed by atoms with van der Waals surface area (Å²) in [7, 11) is 0. The van der Waals surface area contributed by atoms with Crippen molar-refractivity contribution in [1.29, 1.82) is 0 Å². The fourth-order valence-electron chi connectivity index (χ4n) is 0.651. The lowest BCUT2D eigenvalue weighted by Gasteiger charge is -2.12. The third-order valence-electron chi connectivity index (χ3n) is 1.17. The Morgan fingerprint density at radius 2 is 1.50 bits per heavy atom. The van der Waals surface area contributed by atoms with Gasteiger partial charge in [-0.3, -0.25) is 0 Å². The molecule has 10 heavy (non-hydrogen) atoms. The molecule has 62 valence electrons. The highest BCUT2D eigenvalue weighted by Crippen LogP contribution is 2.07. The number of rotatable bonds is 5. The Morgan fingerprint density at radius 3 is 1.90 bits per heavy atom. The molecule has 0 aliphatic carbocycles. The molecule has 0 aromatic rings. The molecule has 4 N–H and O–H groups in total. The minimum Gasteiger partial charge on any atom is -0.396 e. The monoisotopic (exact) mass is 150 g/mol. The second kappa shape index (κ2) is 4.62.